The molecular weight excluding hydrogens is 472 g/mol. The van der Waals surface area contributed by atoms with Gasteiger partial charge in [-0.3, -0.25) is 14.4 Å². The summed E-state index contributed by atoms with van der Waals surface area (Å²) in [6.45, 7) is 1.54. The van der Waals surface area contributed by atoms with Gasteiger partial charge in [-0.05, 0) is 47.5 Å². The fourth-order valence-electron chi connectivity index (χ4n) is 2.87. The minimum Gasteiger partial charge on any atom is -0.427 e. The predicted molar refractivity (Wildman–Crippen MR) is 127 cm³/mol. The van der Waals surface area contributed by atoms with Gasteiger partial charge in [-0.25, -0.2) is 0 Å². The lowest BCUT2D eigenvalue weighted by atomic mass is 10.1. The highest BCUT2D eigenvalue weighted by Gasteiger charge is 2.11. The van der Waals surface area contributed by atoms with E-state index in [1.165, 1.54) is 19.1 Å². The maximum atomic E-state index is 12.7. The molecule has 6 nitrogen and oxygen atoms in total. The van der Waals surface area contributed by atoms with E-state index in [2.05, 4.69) is 26.6 Å². The fourth-order valence-corrected chi connectivity index (χ4v) is 3.29. The van der Waals surface area contributed by atoms with Crippen LogP contribution in [0.4, 0.5) is 5.69 Å². The van der Waals surface area contributed by atoms with E-state index in [4.69, 9.17) is 4.74 Å². The molecule has 3 aromatic carbocycles. The third-order valence-corrected chi connectivity index (χ3v) is 5.12. The Morgan fingerprint density at radius 1 is 0.969 bits per heavy atom. The molecule has 0 aromatic heterocycles. The highest BCUT2D eigenvalue weighted by Crippen LogP contribution is 2.19. The fraction of sp³-hybridized carbons (Fsp3) is 0.0800. The summed E-state index contributed by atoms with van der Waals surface area (Å²) in [6, 6.07) is 21.1. The second kappa shape index (κ2) is 11.1. The molecule has 0 aliphatic carbocycles. The number of rotatable bonds is 7. The van der Waals surface area contributed by atoms with Gasteiger partial charge in [0.15, 0.2) is 0 Å². The number of amides is 2. The van der Waals surface area contributed by atoms with Crippen LogP contribution in [0.15, 0.2) is 83.3 Å². The number of hydrogen-bond donors (Lipinski definition) is 2. The summed E-state index contributed by atoms with van der Waals surface area (Å²) in [6.07, 6.45) is 3.19. The molecule has 0 bridgehead atoms. The predicted octanol–water partition coefficient (Wildman–Crippen LogP) is 4.96. The van der Waals surface area contributed by atoms with E-state index in [0.29, 0.717) is 17.0 Å². The van der Waals surface area contributed by atoms with E-state index in [-0.39, 0.29) is 18.4 Å². The van der Waals surface area contributed by atoms with E-state index >= 15 is 0 Å². The Labute approximate surface area is 194 Å². The number of nitrogens with one attached hydrogen (secondary N) is 2. The van der Waals surface area contributed by atoms with Crippen molar-refractivity contribution in [3.8, 4) is 5.75 Å². The number of benzene rings is 3. The Balaban J connectivity index is 1.64. The molecule has 0 fully saturated rings. The Kier molecular flexibility index (Phi) is 7.94. The molecule has 0 spiro atoms. The molecule has 0 atom stereocenters. The number of carbonyl (C=O) groups excluding carboxylic acids is 3. The Bertz CT molecular complexity index is 1170. The summed E-state index contributed by atoms with van der Waals surface area (Å²) in [7, 11) is 0. The van der Waals surface area contributed by atoms with Crippen LogP contribution in [0.2, 0.25) is 0 Å². The van der Waals surface area contributed by atoms with Crippen molar-refractivity contribution in [1.82, 2.24) is 5.32 Å². The molecule has 0 aliphatic rings. The lowest BCUT2D eigenvalue weighted by molar-refractivity contribution is -0.131. The van der Waals surface area contributed by atoms with Crippen molar-refractivity contribution in [3.63, 3.8) is 0 Å². The van der Waals surface area contributed by atoms with Crippen molar-refractivity contribution in [2.75, 3.05) is 5.32 Å². The average molecular weight is 493 g/mol. The van der Waals surface area contributed by atoms with Crippen molar-refractivity contribution >= 4 is 45.5 Å². The van der Waals surface area contributed by atoms with Gasteiger partial charge < -0.3 is 15.4 Å². The van der Waals surface area contributed by atoms with Gasteiger partial charge in [0, 0.05) is 35.3 Å². The minimum atomic E-state index is -0.461. The molecule has 3 rings (SSSR count). The Morgan fingerprint density at radius 3 is 2.50 bits per heavy atom. The van der Waals surface area contributed by atoms with Gasteiger partial charge in [0.1, 0.15) is 5.75 Å². The zero-order valence-electron chi connectivity index (χ0n) is 17.3. The van der Waals surface area contributed by atoms with Gasteiger partial charge in [-0.2, -0.15) is 0 Å². The monoisotopic (exact) mass is 492 g/mol. The number of hydrogen-bond acceptors (Lipinski definition) is 4. The molecule has 2 N–H and O–H groups in total. The quantitative estimate of drug-likeness (QED) is 0.277. The normalized spacial score (nSPS) is 10.6. The lowest BCUT2D eigenvalue weighted by Gasteiger charge is -2.12. The first-order chi connectivity index (χ1) is 15.4. The van der Waals surface area contributed by atoms with Crippen LogP contribution in [0.3, 0.4) is 0 Å². The third-order valence-electron chi connectivity index (χ3n) is 4.40. The Morgan fingerprint density at radius 2 is 1.72 bits per heavy atom. The summed E-state index contributed by atoms with van der Waals surface area (Å²) >= 11 is 3.44. The number of para-hydroxylation sites is 1. The first kappa shape index (κ1) is 23.0. The van der Waals surface area contributed by atoms with Crippen LogP contribution in [0.1, 0.15) is 28.4 Å². The first-order valence-corrected chi connectivity index (χ1v) is 10.6. The molecular formula is C25H21BrN2O4. The number of anilines is 1. The van der Waals surface area contributed by atoms with Crippen molar-refractivity contribution in [2.45, 2.75) is 13.5 Å². The van der Waals surface area contributed by atoms with E-state index in [0.717, 1.165) is 15.6 Å². The number of esters is 1. The molecule has 0 radical (unpaired) electrons. The number of ether oxygens (including phenoxy) is 1. The molecule has 3 aromatic rings. The molecule has 0 heterocycles. The van der Waals surface area contributed by atoms with Gasteiger partial charge >= 0.3 is 5.97 Å². The average Bonchev–Trinajstić information content (AvgIpc) is 2.77. The van der Waals surface area contributed by atoms with Crippen molar-refractivity contribution in [1.29, 1.82) is 0 Å². The van der Waals surface area contributed by atoms with Crippen LogP contribution >= 0.6 is 15.9 Å². The largest absolute Gasteiger partial charge is 0.427 e. The minimum absolute atomic E-state index is 0.239. The zero-order chi connectivity index (χ0) is 22.9. The number of carbonyl (C=O) groups is 3. The van der Waals surface area contributed by atoms with Gasteiger partial charge in [-0.1, -0.05) is 58.4 Å². The molecule has 32 heavy (non-hydrogen) atoms. The lowest BCUT2D eigenvalue weighted by Crippen LogP contribution is -2.22. The van der Waals surface area contributed by atoms with Crippen LogP contribution in [-0.4, -0.2) is 17.8 Å². The van der Waals surface area contributed by atoms with Gasteiger partial charge in [0.25, 0.3) is 5.91 Å². The van der Waals surface area contributed by atoms with Crippen LogP contribution in [0.25, 0.3) is 6.08 Å². The standard InChI is InChI=1S/C25H21BrN2O4/c1-17(29)32-21-10-6-9-19(15-21)25(31)28-23-12-5-3-8-20(23)16-27-24(30)14-13-18-7-2-4-11-22(18)26/h2-15H,16H2,1H3,(H,27,30)(H,28,31)/b14-13+. The van der Waals surface area contributed by atoms with Crippen LogP contribution in [0, 0.1) is 0 Å². The molecule has 0 aliphatic heterocycles. The van der Waals surface area contributed by atoms with Gasteiger partial charge in [0.05, 0.1) is 0 Å². The maximum absolute atomic E-state index is 12.7. The van der Waals surface area contributed by atoms with E-state index in [1.54, 1.807) is 36.4 Å². The van der Waals surface area contributed by atoms with E-state index in [9.17, 15) is 14.4 Å². The van der Waals surface area contributed by atoms with Crippen LogP contribution < -0.4 is 15.4 Å². The smallest absolute Gasteiger partial charge is 0.308 e. The third kappa shape index (κ3) is 6.65. The summed E-state index contributed by atoms with van der Waals surface area (Å²) in [5, 5.41) is 5.66. The summed E-state index contributed by atoms with van der Waals surface area (Å²) in [4.78, 5) is 36.1. The molecule has 2 amide bonds. The second-order valence-corrected chi connectivity index (χ2v) is 7.66. The van der Waals surface area contributed by atoms with Gasteiger partial charge in [0.2, 0.25) is 5.91 Å². The molecule has 7 heteroatoms. The maximum Gasteiger partial charge on any atom is 0.308 e. The molecule has 0 unspecified atom stereocenters. The Hall–Kier alpha value is -3.71. The second-order valence-electron chi connectivity index (χ2n) is 6.81. The van der Waals surface area contributed by atoms with Crippen molar-refractivity contribution in [2.24, 2.45) is 0 Å². The SMILES string of the molecule is CC(=O)Oc1cccc(C(=O)Nc2ccccc2CNC(=O)/C=C/c2ccccc2Br)c1. The van der Waals surface area contributed by atoms with Crippen LogP contribution in [-0.2, 0) is 16.1 Å². The highest BCUT2D eigenvalue weighted by atomic mass is 79.9. The van der Waals surface area contributed by atoms with E-state index in [1.807, 2.05) is 36.4 Å². The molecule has 162 valence electrons. The van der Waals surface area contributed by atoms with Crippen molar-refractivity contribution in [3.05, 3.63) is 100 Å². The summed E-state index contributed by atoms with van der Waals surface area (Å²) < 4.78 is 5.93. The van der Waals surface area contributed by atoms with Crippen molar-refractivity contribution < 1.29 is 19.1 Å². The zero-order valence-corrected chi connectivity index (χ0v) is 18.9. The van der Waals surface area contributed by atoms with Crippen LogP contribution in [0.5, 0.6) is 5.75 Å². The first-order valence-electron chi connectivity index (χ1n) is 9.80. The summed E-state index contributed by atoms with van der Waals surface area (Å²) in [5.74, 6) is -0.776. The number of halogens is 1. The topological polar surface area (TPSA) is 84.5 Å². The van der Waals surface area contributed by atoms with E-state index < -0.39 is 5.97 Å². The summed E-state index contributed by atoms with van der Waals surface area (Å²) in [5.41, 5.74) is 2.57. The highest BCUT2D eigenvalue weighted by molar-refractivity contribution is 9.10. The van der Waals surface area contributed by atoms with Gasteiger partial charge in [-0.15, -0.1) is 0 Å². The molecule has 0 saturated carbocycles. The molecule has 0 saturated heterocycles.